The van der Waals surface area contributed by atoms with Crippen LogP contribution in [0.4, 0.5) is 0 Å². The number of nitrogens with zero attached hydrogens (tertiary/aromatic N) is 1. The third-order valence-electron chi connectivity index (χ3n) is 3.59. The zero-order valence-corrected chi connectivity index (χ0v) is 12.2. The minimum Gasteiger partial charge on any atom is -0.490 e. The van der Waals surface area contributed by atoms with Crippen molar-refractivity contribution in [2.75, 3.05) is 13.2 Å². The number of benzene rings is 1. The number of rotatable bonds is 5. The second-order valence-corrected chi connectivity index (χ2v) is 5.11. The quantitative estimate of drug-likeness (QED) is 0.896. The van der Waals surface area contributed by atoms with Crippen LogP contribution < -0.4 is 14.8 Å². The van der Waals surface area contributed by atoms with Crippen molar-refractivity contribution in [2.45, 2.75) is 45.2 Å². The highest BCUT2D eigenvalue weighted by molar-refractivity contribution is 5.44. The summed E-state index contributed by atoms with van der Waals surface area (Å²) < 4.78 is 11.3. The van der Waals surface area contributed by atoms with Gasteiger partial charge < -0.3 is 14.8 Å². The van der Waals surface area contributed by atoms with Crippen LogP contribution in [-0.2, 0) is 0 Å². The Hall–Kier alpha value is -1.73. The van der Waals surface area contributed by atoms with Crippen LogP contribution in [0, 0.1) is 11.3 Å². The molecule has 108 valence electrons. The fourth-order valence-electron chi connectivity index (χ4n) is 2.33. The Balaban J connectivity index is 2.08. The van der Waals surface area contributed by atoms with Gasteiger partial charge >= 0.3 is 0 Å². The summed E-state index contributed by atoms with van der Waals surface area (Å²) in [4.78, 5) is 0. The van der Waals surface area contributed by atoms with Gasteiger partial charge in [0.15, 0.2) is 11.5 Å². The second-order valence-electron chi connectivity index (χ2n) is 5.11. The van der Waals surface area contributed by atoms with Gasteiger partial charge in [-0.25, -0.2) is 0 Å². The highest BCUT2D eigenvalue weighted by atomic mass is 16.5. The van der Waals surface area contributed by atoms with E-state index in [1.165, 1.54) is 0 Å². The van der Waals surface area contributed by atoms with E-state index in [-0.39, 0.29) is 12.1 Å². The van der Waals surface area contributed by atoms with Gasteiger partial charge in [0.1, 0.15) is 0 Å². The summed E-state index contributed by atoms with van der Waals surface area (Å²) in [5.41, 5.74) is 1.16. The Morgan fingerprint density at radius 3 is 2.75 bits per heavy atom. The molecule has 0 spiro atoms. The van der Waals surface area contributed by atoms with E-state index in [0.717, 1.165) is 29.9 Å². The highest BCUT2D eigenvalue weighted by Crippen LogP contribution is 2.32. The largest absolute Gasteiger partial charge is 0.490 e. The van der Waals surface area contributed by atoms with Gasteiger partial charge in [0.05, 0.1) is 25.7 Å². The first kappa shape index (κ1) is 14.7. The predicted molar refractivity (Wildman–Crippen MR) is 77.9 cm³/mol. The third kappa shape index (κ3) is 3.64. The molecule has 1 aliphatic heterocycles. The van der Waals surface area contributed by atoms with E-state index in [4.69, 9.17) is 14.7 Å². The zero-order valence-electron chi connectivity index (χ0n) is 12.2. The number of nitrogens with one attached hydrogen (secondary N) is 1. The standard InChI is InChI=1S/C16H22N2O2/c1-3-14(7-8-17)18-12(2)13-5-6-15-16(11-13)20-10-4-9-19-15/h5-6,11-12,14,18H,3-4,7,9-10H2,1-2H3. The van der Waals surface area contributed by atoms with E-state index in [1.54, 1.807) is 0 Å². The molecule has 0 saturated carbocycles. The van der Waals surface area contributed by atoms with E-state index in [0.29, 0.717) is 19.6 Å². The van der Waals surface area contributed by atoms with Crippen molar-refractivity contribution in [3.05, 3.63) is 23.8 Å². The summed E-state index contributed by atoms with van der Waals surface area (Å²) in [5, 5.41) is 12.3. The van der Waals surface area contributed by atoms with E-state index in [2.05, 4.69) is 31.3 Å². The lowest BCUT2D eigenvalue weighted by molar-refractivity contribution is 0.297. The van der Waals surface area contributed by atoms with Crippen molar-refractivity contribution in [2.24, 2.45) is 0 Å². The van der Waals surface area contributed by atoms with Crippen molar-refractivity contribution < 1.29 is 9.47 Å². The fraction of sp³-hybridized carbons (Fsp3) is 0.562. The van der Waals surface area contributed by atoms with Gasteiger partial charge in [-0.15, -0.1) is 0 Å². The lowest BCUT2D eigenvalue weighted by atomic mass is 10.0. The molecule has 1 N–H and O–H groups in total. The molecule has 0 aromatic heterocycles. The van der Waals surface area contributed by atoms with E-state index >= 15 is 0 Å². The van der Waals surface area contributed by atoms with Crippen LogP contribution in [0.15, 0.2) is 18.2 Å². The van der Waals surface area contributed by atoms with Gasteiger partial charge in [0.2, 0.25) is 0 Å². The average molecular weight is 274 g/mol. The number of hydrogen-bond donors (Lipinski definition) is 1. The van der Waals surface area contributed by atoms with Crippen molar-refractivity contribution in [3.63, 3.8) is 0 Å². The summed E-state index contributed by atoms with van der Waals surface area (Å²) >= 11 is 0. The molecule has 2 rings (SSSR count). The monoisotopic (exact) mass is 274 g/mol. The van der Waals surface area contributed by atoms with Gasteiger partial charge in [-0.2, -0.15) is 5.26 Å². The highest BCUT2D eigenvalue weighted by Gasteiger charge is 2.15. The molecule has 0 bridgehead atoms. The maximum absolute atomic E-state index is 8.81. The molecule has 1 aromatic rings. The lowest BCUT2D eigenvalue weighted by Gasteiger charge is -2.21. The summed E-state index contributed by atoms with van der Waals surface area (Å²) in [5.74, 6) is 1.64. The Labute approximate surface area is 120 Å². The molecule has 2 unspecified atom stereocenters. The molecule has 20 heavy (non-hydrogen) atoms. The molecule has 4 nitrogen and oxygen atoms in total. The molecule has 0 saturated heterocycles. The number of fused-ring (bicyclic) bond motifs is 1. The number of hydrogen-bond acceptors (Lipinski definition) is 4. The molecule has 0 radical (unpaired) electrons. The summed E-state index contributed by atoms with van der Waals surface area (Å²) in [6.07, 6.45) is 2.39. The zero-order chi connectivity index (χ0) is 14.4. The topological polar surface area (TPSA) is 54.3 Å². The van der Waals surface area contributed by atoms with Gasteiger partial charge in [0, 0.05) is 18.5 Å². The third-order valence-corrected chi connectivity index (χ3v) is 3.59. The molecule has 1 heterocycles. The van der Waals surface area contributed by atoms with Crippen molar-refractivity contribution in [3.8, 4) is 17.6 Å². The summed E-state index contributed by atoms with van der Waals surface area (Å²) in [6.45, 7) is 5.61. The minimum atomic E-state index is 0.186. The van der Waals surface area contributed by atoms with Crippen molar-refractivity contribution in [1.82, 2.24) is 5.32 Å². The predicted octanol–water partition coefficient (Wildman–Crippen LogP) is 3.19. The second kappa shape index (κ2) is 7.16. The Morgan fingerprint density at radius 1 is 1.30 bits per heavy atom. The van der Waals surface area contributed by atoms with Crippen LogP contribution in [0.3, 0.4) is 0 Å². The normalized spacial score (nSPS) is 16.9. The van der Waals surface area contributed by atoms with Gasteiger partial charge in [-0.1, -0.05) is 13.0 Å². The van der Waals surface area contributed by atoms with Crippen LogP contribution in [0.1, 0.15) is 44.7 Å². The first-order valence-electron chi connectivity index (χ1n) is 7.27. The Bertz CT molecular complexity index is 482. The van der Waals surface area contributed by atoms with Crippen LogP contribution in [-0.4, -0.2) is 19.3 Å². The van der Waals surface area contributed by atoms with Gasteiger partial charge in [0.25, 0.3) is 0 Å². The molecule has 1 aromatic carbocycles. The Kier molecular flexibility index (Phi) is 5.25. The smallest absolute Gasteiger partial charge is 0.161 e. The molecular formula is C16H22N2O2. The molecule has 4 heteroatoms. The van der Waals surface area contributed by atoms with E-state index in [1.807, 2.05) is 12.1 Å². The van der Waals surface area contributed by atoms with E-state index in [9.17, 15) is 0 Å². The lowest BCUT2D eigenvalue weighted by Crippen LogP contribution is -2.30. The number of ether oxygens (including phenoxy) is 2. The van der Waals surface area contributed by atoms with Crippen molar-refractivity contribution >= 4 is 0 Å². The molecular weight excluding hydrogens is 252 g/mol. The first-order valence-corrected chi connectivity index (χ1v) is 7.27. The van der Waals surface area contributed by atoms with Gasteiger partial charge in [-0.05, 0) is 31.0 Å². The molecule has 0 fully saturated rings. The fourth-order valence-corrected chi connectivity index (χ4v) is 2.33. The van der Waals surface area contributed by atoms with Crippen LogP contribution in [0.25, 0.3) is 0 Å². The maximum atomic E-state index is 8.81. The molecule has 0 amide bonds. The molecule has 1 aliphatic rings. The SMILES string of the molecule is CCC(CC#N)NC(C)c1ccc2c(c1)OCCCO2. The van der Waals surface area contributed by atoms with Crippen LogP contribution in [0.5, 0.6) is 11.5 Å². The maximum Gasteiger partial charge on any atom is 0.161 e. The van der Waals surface area contributed by atoms with Gasteiger partial charge in [-0.3, -0.25) is 0 Å². The number of nitriles is 1. The summed E-state index contributed by atoms with van der Waals surface area (Å²) in [6, 6.07) is 8.71. The Morgan fingerprint density at radius 2 is 2.05 bits per heavy atom. The first-order chi connectivity index (χ1) is 9.74. The van der Waals surface area contributed by atoms with Crippen LogP contribution in [0.2, 0.25) is 0 Å². The molecule has 2 atom stereocenters. The average Bonchev–Trinajstić information content (AvgIpc) is 2.71. The minimum absolute atomic E-state index is 0.186. The van der Waals surface area contributed by atoms with Crippen LogP contribution >= 0.6 is 0 Å². The summed E-state index contributed by atoms with van der Waals surface area (Å²) in [7, 11) is 0. The molecule has 0 aliphatic carbocycles. The van der Waals surface area contributed by atoms with E-state index < -0.39 is 0 Å². The van der Waals surface area contributed by atoms with Crippen molar-refractivity contribution in [1.29, 1.82) is 5.26 Å².